The van der Waals surface area contributed by atoms with E-state index in [1.807, 2.05) is 18.2 Å². The van der Waals surface area contributed by atoms with E-state index in [0.717, 1.165) is 41.5 Å². The van der Waals surface area contributed by atoms with Gasteiger partial charge in [0.1, 0.15) is 11.6 Å². The number of hydrogen-bond donors (Lipinski definition) is 2. The second-order valence-electron chi connectivity index (χ2n) is 7.37. The fourth-order valence-electron chi connectivity index (χ4n) is 3.60. The molecule has 32 heavy (non-hydrogen) atoms. The fraction of sp³-hybridized carbons (Fsp3) is 0.136. The zero-order chi connectivity index (χ0) is 22.5. The topological polar surface area (TPSA) is 84.1 Å². The van der Waals surface area contributed by atoms with Crippen LogP contribution in [0.5, 0.6) is 5.75 Å². The number of benzene rings is 3. The SMILES string of the molecule is O=S(=O)(Nc1cccc(C(F)(F)F)c1)c1ccc2nc(-c3ccc4c(c3)CCO4)[nH]c2c1. The number of sulfonamides is 1. The molecule has 0 saturated carbocycles. The van der Waals surface area contributed by atoms with Gasteiger partial charge in [-0.05, 0) is 60.2 Å². The standard InChI is InChI=1S/C22H16F3N3O3S/c23-22(24,25)15-2-1-3-16(11-15)28-32(29,30)17-5-6-18-19(12-17)27-21(26-18)14-4-7-20-13(10-14)8-9-31-20/h1-7,10-12,28H,8-9H2,(H,26,27). The summed E-state index contributed by atoms with van der Waals surface area (Å²) in [7, 11) is -4.11. The minimum Gasteiger partial charge on any atom is -0.493 e. The van der Waals surface area contributed by atoms with Gasteiger partial charge in [-0.15, -0.1) is 0 Å². The van der Waals surface area contributed by atoms with Crippen molar-refractivity contribution in [3.63, 3.8) is 0 Å². The van der Waals surface area contributed by atoms with Crippen molar-refractivity contribution in [2.45, 2.75) is 17.5 Å². The Morgan fingerprint density at radius 1 is 1.03 bits per heavy atom. The first kappa shape index (κ1) is 20.4. The van der Waals surface area contributed by atoms with E-state index in [9.17, 15) is 21.6 Å². The van der Waals surface area contributed by atoms with Gasteiger partial charge in [0.25, 0.3) is 10.0 Å². The lowest BCUT2D eigenvalue weighted by atomic mass is 10.1. The van der Waals surface area contributed by atoms with Crippen LogP contribution in [0.2, 0.25) is 0 Å². The lowest BCUT2D eigenvalue weighted by Gasteiger charge is -2.11. The molecule has 4 aromatic rings. The van der Waals surface area contributed by atoms with Gasteiger partial charge in [0.2, 0.25) is 0 Å². The number of aromatic amines is 1. The first-order chi connectivity index (χ1) is 15.2. The number of halogens is 3. The van der Waals surface area contributed by atoms with Gasteiger partial charge in [0.05, 0.1) is 28.1 Å². The summed E-state index contributed by atoms with van der Waals surface area (Å²) in [6, 6.07) is 14.1. The maximum absolute atomic E-state index is 12.9. The third kappa shape index (κ3) is 3.77. The average Bonchev–Trinajstić information content (AvgIpc) is 3.38. The van der Waals surface area contributed by atoms with Crippen molar-refractivity contribution in [2.24, 2.45) is 0 Å². The quantitative estimate of drug-likeness (QED) is 0.451. The predicted octanol–water partition coefficient (Wildman–Crippen LogP) is 4.98. The van der Waals surface area contributed by atoms with Crippen molar-refractivity contribution >= 4 is 26.7 Å². The van der Waals surface area contributed by atoms with E-state index in [1.165, 1.54) is 18.2 Å². The number of nitrogens with zero attached hydrogens (tertiary/aromatic N) is 1. The molecule has 1 aromatic heterocycles. The summed E-state index contributed by atoms with van der Waals surface area (Å²) in [6.45, 7) is 0.638. The second kappa shape index (κ2) is 7.27. The van der Waals surface area contributed by atoms with E-state index in [0.29, 0.717) is 23.5 Å². The molecule has 1 aliphatic rings. The minimum absolute atomic E-state index is 0.0973. The number of rotatable bonds is 4. The molecular formula is C22H16F3N3O3S. The first-order valence-corrected chi connectivity index (χ1v) is 11.1. The van der Waals surface area contributed by atoms with Gasteiger partial charge in [0.15, 0.2) is 0 Å². The maximum Gasteiger partial charge on any atom is 0.416 e. The normalized spacial score (nSPS) is 13.7. The van der Waals surface area contributed by atoms with E-state index in [2.05, 4.69) is 14.7 Å². The van der Waals surface area contributed by atoms with Crippen LogP contribution in [0.1, 0.15) is 11.1 Å². The minimum atomic E-state index is -4.57. The average molecular weight is 459 g/mol. The molecular weight excluding hydrogens is 443 g/mol. The van der Waals surface area contributed by atoms with Crippen molar-refractivity contribution in [3.8, 4) is 17.1 Å². The molecule has 164 valence electrons. The highest BCUT2D eigenvalue weighted by atomic mass is 32.2. The molecule has 0 aliphatic carbocycles. The molecule has 0 saturated heterocycles. The molecule has 2 N–H and O–H groups in total. The van der Waals surface area contributed by atoms with Crippen molar-refractivity contribution in [1.29, 1.82) is 0 Å². The van der Waals surface area contributed by atoms with E-state index in [4.69, 9.17) is 4.74 Å². The molecule has 0 fully saturated rings. The summed E-state index contributed by atoms with van der Waals surface area (Å²) < 4.78 is 72.0. The van der Waals surface area contributed by atoms with Gasteiger partial charge >= 0.3 is 6.18 Å². The van der Waals surface area contributed by atoms with Gasteiger partial charge in [-0.2, -0.15) is 13.2 Å². The van der Waals surface area contributed by atoms with Gasteiger partial charge < -0.3 is 9.72 Å². The van der Waals surface area contributed by atoms with E-state index in [1.54, 1.807) is 6.07 Å². The van der Waals surface area contributed by atoms with Gasteiger partial charge in [-0.25, -0.2) is 13.4 Å². The summed E-state index contributed by atoms with van der Waals surface area (Å²) in [5.41, 5.74) is 1.86. The molecule has 0 spiro atoms. The molecule has 0 radical (unpaired) electrons. The van der Waals surface area contributed by atoms with Crippen molar-refractivity contribution in [2.75, 3.05) is 11.3 Å². The Balaban J connectivity index is 1.46. The van der Waals surface area contributed by atoms with Crippen LogP contribution in [0.4, 0.5) is 18.9 Å². The number of fused-ring (bicyclic) bond motifs is 2. The monoisotopic (exact) mass is 459 g/mol. The highest BCUT2D eigenvalue weighted by Crippen LogP contribution is 2.32. The maximum atomic E-state index is 12.9. The molecule has 10 heteroatoms. The van der Waals surface area contributed by atoms with Crippen LogP contribution < -0.4 is 9.46 Å². The zero-order valence-corrected chi connectivity index (χ0v) is 17.2. The van der Waals surface area contributed by atoms with Crippen LogP contribution in [-0.4, -0.2) is 25.0 Å². The fourth-order valence-corrected chi connectivity index (χ4v) is 4.67. The lowest BCUT2D eigenvalue weighted by Crippen LogP contribution is -2.14. The second-order valence-corrected chi connectivity index (χ2v) is 9.05. The number of H-pyrrole nitrogens is 1. The zero-order valence-electron chi connectivity index (χ0n) is 16.4. The van der Waals surface area contributed by atoms with Crippen LogP contribution in [0.15, 0.2) is 65.6 Å². The van der Waals surface area contributed by atoms with Gasteiger partial charge in [-0.1, -0.05) is 6.07 Å². The molecule has 6 nitrogen and oxygen atoms in total. The number of imidazole rings is 1. The Labute approximate surface area is 181 Å². The first-order valence-electron chi connectivity index (χ1n) is 9.65. The van der Waals surface area contributed by atoms with Crippen molar-refractivity contribution < 1.29 is 26.3 Å². The number of hydrogen-bond acceptors (Lipinski definition) is 4. The van der Waals surface area contributed by atoms with E-state index in [-0.39, 0.29) is 10.6 Å². The summed E-state index contributed by atoms with van der Waals surface area (Å²) in [6.07, 6.45) is -3.76. The Morgan fingerprint density at radius 3 is 2.69 bits per heavy atom. The molecule has 5 rings (SSSR count). The summed E-state index contributed by atoms with van der Waals surface area (Å²) in [5, 5.41) is 0. The van der Waals surface area contributed by atoms with Crippen molar-refractivity contribution in [1.82, 2.24) is 9.97 Å². The number of aromatic nitrogens is 2. The number of alkyl halides is 3. The summed E-state index contributed by atoms with van der Waals surface area (Å²) >= 11 is 0. The Bertz CT molecular complexity index is 1450. The predicted molar refractivity (Wildman–Crippen MR) is 113 cm³/mol. The molecule has 3 aromatic carbocycles. The summed E-state index contributed by atoms with van der Waals surface area (Å²) in [5.74, 6) is 1.42. The number of nitrogens with one attached hydrogen (secondary N) is 2. The largest absolute Gasteiger partial charge is 0.493 e. The third-order valence-electron chi connectivity index (χ3n) is 5.17. The van der Waals surface area contributed by atoms with Crippen LogP contribution in [-0.2, 0) is 22.6 Å². The molecule has 0 atom stereocenters. The molecule has 0 unspecified atom stereocenters. The van der Waals surface area contributed by atoms with Gasteiger partial charge in [-0.3, -0.25) is 4.72 Å². The van der Waals surface area contributed by atoms with Crippen LogP contribution in [0.3, 0.4) is 0 Å². The lowest BCUT2D eigenvalue weighted by molar-refractivity contribution is -0.137. The molecule has 2 heterocycles. The number of ether oxygens (including phenoxy) is 1. The summed E-state index contributed by atoms with van der Waals surface area (Å²) in [4.78, 5) is 7.54. The van der Waals surface area contributed by atoms with Crippen LogP contribution >= 0.6 is 0 Å². The van der Waals surface area contributed by atoms with E-state index < -0.39 is 21.8 Å². The van der Waals surface area contributed by atoms with Gasteiger partial charge in [0, 0.05) is 17.7 Å². The Kier molecular flexibility index (Phi) is 4.63. The molecule has 0 bridgehead atoms. The van der Waals surface area contributed by atoms with Crippen LogP contribution in [0.25, 0.3) is 22.4 Å². The third-order valence-corrected chi connectivity index (χ3v) is 6.55. The highest BCUT2D eigenvalue weighted by Gasteiger charge is 2.30. The smallest absolute Gasteiger partial charge is 0.416 e. The number of anilines is 1. The Morgan fingerprint density at radius 2 is 1.88 bits per heavy atom. The molecule has 0 amide bonds. The van der Waals surface area contributed by atoms with Crippen molar-refractivity contribution in [3.05, 3.63) is 71.8 Å². The Hall–Kier alpha value is -3.53. The van der Waals surface area contributed by atoms with Crippen LogP contribution in [0, 0.1) is 0 Å². The van der Waals surface area contributed by atoms with E-state index >= 15 is 0 Å². The highest BCUT2D eigenvalue weighted by molar-refractivity contribution is 7.92. The molecule has 1 aliphatic heterocycles.